The lowest BCUT2D eigenvalue weighted by molar-refractivity contribution is 0.122. The van der Waals surface area contributed by atoms with Crippen molar-refractivity contribution in [3.63, 3.8) is 0 Å². The SMILES string of the molecule is CC(C)C(C)n1cnc2c(N)nc(N3CCOCC3)nc21. The van der Waals surface area contributed by atoms with Gasteiger partial charge in [0, 0.05) is 19.1 Å². The minimum Gasteiger partial charge on any atom is -0.382 e. The molecule has 0 amide bonds. The summed E-state index contributed by atoms with van der Waals surface area (Å²) in [6.07, 6.45) is 1.81. The van der Waals surface area contributed by atoms with Gasteiger partial charge in [-0.15, -0.1) is 0 Å². The maximum Gasteiger partial charge on any atom is 0.229 e. The van der Waals surface area contributed by atoms with E-state index < -0.39 is 0 Å². The molecule has 1 aliphatic rings. The molecule has 0 bridgehead atoms. The first-order valence-electron chi connectivity index (χ1n) is 7.40. The zero-order valence-electron chi connectivity index (χ0n) is 12.8. The van der Waals surface area contributed by atoms with Crippen molar-refractivity contribution in [2.24, 2.45) is 5.92 Å². The zero-order chi connectivity index (χ0) is 15.0. The molecule has 3 heterocycles. The van der Waals surface area contributed by atoms with Crippen LogP contribution in [0, 0.1) is 5.92 Å². The topological polar surface area (TPSA) is 82.1 Å². The third-order valence-electron chi connectivity index (χ3n) is 4.13. The third kappa shape index (κ3) is 2.53. The van der Waals surface area contributed by atoms with Crippen LogP contribution in [0.5, 0.6) is 0 Å². The fourth-order valence-corrected chi connectivity index (χ4v) is 2.45. The number of hydrogen-bond acceptors (Lipinski definition) is 6. The molecule has 114 valence electrons. The molecule has 21 heavy (non-hydrogen) atoms. The number of nitrogens with zero attached hydrogens (tertiary/aromatic N) is 5. The van der Waals surface area contributed by atoms with Crippen LogP contribution >= 0.6 is 0 Å². The van der Waals surface area contributed by atoms with Crippen molar-refractivity contribution in [1.82, 2.24) is 19.5 Å². The molecule has 1 atom stereocenters. The summed E-state index contributed by atoms with van der Waals surface area (Å²) >= 11 is 0. The number of ether oxygens (including phenoxy) is 1. The van der Waals surface area contributed by atoms with Gasteiger partial charge in [0.15, 0.2) is 11.5 Å². The number of morpholine rings is 1. The first-order chi connectivity index (χ1) is 10.1. The highest BCUT2D eigenvalue weighted by Gasteiger charge is 2.20. The molecule has 1 fully saturated rings. The van der Waals surface area contributed by atoms with Crippen molar-refractivity contribution < 1.29 is 4.74 Å². The molecular formula is C14H22N6O. The smallest absolute Gasteiger partial charge is 0.229 e. The summed E-state index contributed by atoms with van der Waals surface area (Å²) in [5.41, 5.74) is 7.56. The monoisotopic (exact) mass is 290 g/mol. The Morgan fingerprint density at radius 1 is 1.19 bits per heavy atom. The molecule has 1 saturated heterocycles. The zero-order valence-corrected chi connectivity index (χ0v) is 12.8. The van der Waals surface area contributed by atoms with E-state index in [4.69, 9.17) is 15.5 Å². The van der Waals surface area contributed by atoms with Crippen LogP contribution in [0.2, 0.25) is 0 Å². The quantitative estimate of drug-likeness (QED) is 0.921. The summed E-state index contributed by atoms with van der Waals surface area (Å²) < 4.78 is 7.46. The van der Waals surface area contributed by atoms with Gasteiger partial charge < -0.3 is 19.9 Å². The summed E-state index contributed by atoms with van der Waals surface area (Å²) in [7, 11) is 0. The lowest BCUT2D eigenvalue weighted by Crippen LogP contribution is -2.37. The van der Waals surface area contributed by atoms with Crippen LogP contribution in [0.25, 0.3) is 11.2 Å². The molecule has 0 aliphatic carbocycles. The van der Waals surface area contributed by atoms with E-state index in [0.717, 1.165) is 18.7 Å². The van der Waals surface area contributed by atoms with Gasteiger partial charge >= 0.3 is 0 Å². The Balaban J connectivity index is 2.05. The van der Waals surface area contributed by atoms with E-state index in [0.29, 0.717) is 42.5 Å². The van der Waals surface area contributed by atoms with Gasteiger partial charge in [0.05, 0.1) is 19.5 Å². The van der Waals surface area contributed by atoms with E-state index in [1.165, 1.54) is 0 Å². The molecule has 3 rings (SSSR count). The predicted octanol–water partition coefficient (Wildman–Crippen LogP) is 1.46. The van der Waals surface area contributed by atoms with Crippen LogP contribution in [0.1, 0.15) is 26.8 Å². The molecule has 7 nitrogen and oxygen atoms in total. The molecule has 2 aromatic rings. The van der Waals surface area contributed by atoms with Crippen LogP contribution in [0.3, 0.4) is 0 Å². The van der Waals surface area contributed by atoms with E-state index >= 15 is 0 Å². The van der Waals surface area contributed by atoms with Crippen molar-refractivity contribution in [1.29, 1.82) is 0 Å². The van der Waals surface area contributed by atoms with Gasteiger partial charge in [-0.3, -0.25) is 0 Å². The maximum atomic E-state index is 6.07. The molecule has 0 aromatic carbocycles. The fraction of sp³-hybridized carbons (Fsp3) is 0.643. The number of fused-ring (bicyclic) bond motifs is 1. The number of aromatic nitrogens is 4. The lowest BCUT2D eigenvalue weighted by Gasteiger charge is -2.27. The summed E-state index contributed by atoms with van der Waals surface area (Å²) in [6, 6.07) is 0.307. The molecule has 0 radical (unpaired) electrons. The molecule has 1 unspecified atom stereocenters. The van der Waals surface area contributed by atoms with Crippen LogP contribution in [-0.4, -0.2) is 45.8 Å². The van der Waals surface area contributed by atoms with E-state index in [1.807, 2.05) is 6.33 Å². The van der Waals surface area contributed by atoms with E-state index in [-0.39, 0.29) is 0 Å². The van der Waals surface area contributed by atoms with Crippen molar-refractivity contribution >= 4 is 22.9 Å². The number of nitrogens with two attached hydrogens (primary N) is 1. The highest BCUT2D eigenvalue weighted by atomic mass is 16.5. The van der Waals surface area contributed by atoms with Crippen LogP contribution in [0.4, 0.5) is 11.8 Å². The Morgan fingerprint density at radius 3 is 2.57 bits per heavy atom. The Kier molecular flexibility index (Phi) is 3.67. The second kappa shape index (κ2) is 5.48. The van der Waals surface area contributed by atoms with Gasteiger partial charge in [-0.2, -0.15) is 9.97 Å². The Labute approximate surface area is 124 Å². The fourth-order valence-electron chi connectivity index (χ4n) is 2.45. The maximum absolute atomic E-state index is 6.07. The highest BCUT2D eigenvalue weighted by molar-refractivity contribution is 5.83. The van der Waals surface area contributed by atoms with Crippen LogP contribution in [0.15, 0.2) is 6.33 Å². The predicted molar refractivity (Wildman–Crippen MR) is 82.3 cm³/mol. The van der Waals surface area contributed by atoms with E-state index in [2.05, 4.69) is 40.2 Å². The number of anilines is 2. The van der Waals surface area contributed by atoms with Crippen molar-refractivity contribution in [2.45, 2.75) is 26.8 Å². The van der Waals surface area contributed by atoms with E-state index in [1.54, 1.807) is 0 Å². The molecule has 0 saturated carbocycles. The van der Waals surface area contributed by atoms with Gasteiger partial charge in [0.25, 0.3) is 0 Å². The first kappa shape index (κ1) is 14.1. The number of rotatable bonds is 3. The second-order valence-electron chi connectivity index (χ2n) is 5.82. The Bertz CT molecular complexity index is 632. The van der Waals surface area contributed by atoms with Gasteiger partial charge in [-0.05, 0) is 12.8 Å². The highest BCUT2D eigenvalue weighted by Crippen LogP contribution is 2.26. The average molecular weight is 290 g/mol. The van der Waals surface area contributed by atoms with Crippen LogP contribution < -0.4 is 10.6 Å². The molecule has 2 aromatic heterocycles. The van der Waals surface area contributed by atoms with Gasteiger partial charge in [0.2, 0.25) is 5.95 Å². The first-order valence-corrected chi connectivity index (χ1v) is 7.40. The normalized spacial score (nSPS) is 17.6. The molecule has 0 spiro atoms. The summed E-state index contributed by atoms with van der Waals surface area (Å²) in [5.74, 6) is 1.60. The average Bonchev–Trinajstić information content (AvgIpc) is 2.91. The van der Waals surface area contributed by atoms with Crippen molar-refractivity contribution in [3.8, 4) is 0 Å². The molecule has 2 N–H and O–H groups in total. The molecule has 7 heteroatoms. The van der Waals surface area contributed by atoms with Gasteiger partial charge in [-0.1, -0.05) is 13.8 Å². The Hall–Kier alpha value is -1.89. The Morgan fingerprint density at radius 2 is 1.90 bits per heavy atom. The van der Waals surface area contributed by atoms with Crippen molar-refractivity contribution in [2.75, 3.05) is 36.9 Å². The largest absolute Gasteiger partial charge is 0.382 e. The molecular weight excluding hydrogens is 268 g/mol. The van der Waals surface area contributed by atoms with Gasteiger partial charge in [-0.25, -0.2) is 4.98 Å². The minimum atomic E-state index is 0.307. The summed E-state index contributed by atoms with van der Waals surface area (Å²) in [5, 5.41) is 0. The van der Waals surface area contributed by atoms with Gasteiger partial charge in [0.1, 0.15) is 5.52 Å². The number of nitrogen functional groups attached to an aromatic ring is 1. The third-order valence-corrected chi connectivity index (χ3v) is 4.13. The minimum absolute atomic E-state index is 0.307. The lowest BCUT2D eigenvalue weighted by atomic mass is 10.1. The van der Waals surface area contributed by atoms with Crippen LogP contribution in [-0.2, 0) is 4.74 Å². The number of hydrogen-bond donors (Lipinski definition) is 1. The number of imidazole rings is 1. The standard InChI is InChI=1S/C14H22N6O/c1-9(2)10(3)20-8-16-11-12(15)17-14(18-13(11)20)19-4-6-21-7-5-19/h8-10H,4-7H2,1-3H3,(H2,15,17,18). The summed E-state index contributed by atoms with van der Waals surface area (Å²) in [4.78, 5) is 15.6. The van der Waals surface area contributed by atoms with E-state index in [9.17, 15) is 0 Å². The second-order valence-corrected chi connectivity index (χ2v) is 5.82. The van der Waals surface area contributed by atoms with Crippen molar-refractivity contribution in [3.05, 3.63) is 6.33 Å². The molecule has 1 aliphatic heterocycles. The summed E-state index contributed by atoms with van der Waals surface area (Å²) in [6.45, 7) is 9.51.